The van der Waals surface area contributed by atoms with E-state index in [0.29, 0.717) is 29.8 Å². The van der Waals surface area contributed by atoms with E-state index < -0.39 is 0 Å². The van der Waals surface area contributed by atoms with Crippen LogP contribution in [0.4, 0.5) is 0 Å². The van der Waals surface area contributed by atoms with Crippen molar-refractivity contribution >= 4 is 5.97 Å². The van der Waals surface area contributed by atoms with Gasteiger partial charge < -0.3 is 9.47 Å². The molecule has 5 aliphatic rings. The number of benzene rings is 1. The van der Waals surface area contributed by atoms with Gasteiger partial charge in [-0.15, -0.1) is 0 Å². The maximum atomic E-state index is 12.9. The number of epoxide rings is 1. The van der Waals surface area contributed by atoms with Gasteiger partial charge in [-0.05, 0) is 84.8 Å². The Balaban J connectivity index is 1.16. The second-order valence-electron chi connectivity index (χ2n) is 9.58. The minimum atomic E-state index is 0.0169. The van der Waals surface area contributed by atoms with Crippen LogP contribution in [0.2, 0.25) is 0 Å². The van der Waals surface area contributed by atoms with Gasteiger partial charge in [-0.2, -0.15) is 0 Å². The zero-order chi connectivity index (χ0) is 17.6. The topological polar surface area (TPSA) is 38.8 Å². The van der Waals surface area contributed by atoms with Crippen LogP contribution in [0.1, 0.15) is 51.0 Å². The molecule has 1 saturated heterocycles. The minimum absolute atomic E-state index is 0.0169. The van der Waals surface area contributed by atoms with Crippen molar-refractivity contribution in [2.45, 2.75) is 57.7 Å². The van der Waals surface area contributed by atoms with Crippen LogP contribution in [0.3, 0.4) is 0 Å². The first kappa shape index (κ1) is 15.7. The van der Waals surface area contributed by atoms with E-state index >= 15 is 0 Å². The fourth-order valence-electron chi connectivity index (χ4n) is 7.41. The summed E-state index contributed by atoms with van der Waals surface area (Å²) >= 11 is 0. The molecule has 5 fully saturated rings. The molecule has 138 valence electrons. The number of carbonyl (C=O) groups is 1. The second kappa shape index (κ2) is 5.34. The quantitative estimate of drug-likeness (QED) is 0.349. The smallest absolute Gasteiger partial charge is 0.314 e. The Bertz CT molecular complexity index is 740. The Labute approximate surface area is 155 Å². The van der Waals surface area contributed by atoms with Crippen LogP contribution in [0.15, 0.2) is 24.3 Å². The molecule has 10 unspecified atom stereocenters. The van der Waals surface area contributed by atoms with Crippen LogP contribution in [0.5, 0.6) is 5.75 Å². The van der Waals surface area contributed by atoms with Crippen LogP contribution in [0, 0.1) is 41.4 Å². The van der Waals surface area contributed by atoms with Crippen molar-refractivity contribution in [1.82, 2.24) is 0 Å². The van der Waals surface area contributed by atoms with Gasteiger partial charge in [-0.1, -0.05) is 26.0 Å². The van der Waals surface area contributed by atoms with Crippen LogP contribution in [-0.2, 0) is 9.53 Å². The van der Waals surface area contributed by atoms with E-state index in [2.05, 4.69) is 26.0 Å². The summed E-state index contributed by atoms with van der Waals surface area (Å²) in [5, 5.41) is 0. The summed E-state index contributed by atoms with van der Waals surface area (Å²) in [7, 11) is 0. The Morgan fingerprint density at radius 3 is 2.54 bits per heavy atom. The molecule has 4 aliphatic carbocycles. The lowest BCUT2D eigenvalue weighted by molar-refractivity contribution is -0.142. The standard InChI is InChI=1S/C23H28O3/c1-3-11(2)12-4-6-14(7-5-12)25-23(24)16-9-13-8-15(16)20-18-10-17(19(13)20)21-22(18)26-21/h4-7,11,13,15-22H,3,8-10H2,1-2H3. The number of rotatable bonds is 4. The van der Waals surface area contributed by atoms with Crippen LogP contribution < -0.4 is 4.74 Å². The maximum Gasteiger partial charge on any atom is 0.314 e. The van der Waals surface area contributed by atoms with Gasteiger partial charge in [0.2, 0.25) is 0 Å². The maximum absolute atomic E-state index is 12.9. The van der Waals surface area contributed by atoms with Crippen molar-refractivity contribution < 1.29 is 14.3 Å². The Kier molecular flexibility index (Phi) is 3.22. The SMILES string of the molecule is CCC(C)c1ccc(OC(=O)C2CC3CC2C2C4CC(C5OC45)C32)cc1. The summed E-state index contributed by atoms with van der Waals surface area (Å²) in [5.74, 6) is 5.85. The zero-order valence-corrected chi connectivity index (χ0v) is 15.6. The monoisotopic (exact) mass is 352 g/mol. The summed E-state index contributed by atoms with van der Waals surface area (Å²) in [4.78, 5) is 12.9. The molecule has 4 saturated carbocycles. The number of hydrogen-bond donors (Lipinski definition) is 0. The highest BCUT2D eigenvalue weighted by Gasteiger charge is 2.73. The first-order valence-electron chi connectivity index (χ1n) is 10.6. The zero-order valence-electron chi connectivity index (χ0n) is 15.6. The molecular weight excluding hydrogens is 324 g/mol. The van der Waals surface area contributed by atoms with Gasteiger partial charge in [-0.3, -0.25) is 4.79 Å². The molecule has 4 bridgehead atoms. The number of esters is 1. The summed E-state index contributed by atoms with van der Waals surface area (Å²) in [6.45, 7) is 4.43. The van der Waals surface area contributed by atoms with E-state index in [9.17, 15) is 4.79 Å². The van der Waals surface area contributed by atoms with Crippen LogP contribution >= 0.6 is 0 Å². The third-order valence-electron chi connectivity index (χ3n) is 8.65. The van der Waals surface area contributed by atoms with Gasteiger partial charge in [0.05, 0.1) is 18.1 Å². The molecule has 3 heteroatoms. The Morgan fingerprint density at radius 1 is 1.08 bits per heavy atom. The second-order valence-corrected chi connectivity index (χ2v) is 9.58. The largest absolute Gasteiger partial charge is 0.426 e. The molecule has 1 heterocycles. The molecule has 1 aliphatic heterocycles. The van der Waals surface area contributed by atoms with Gasteiger partial charge in [0.15, 0.2) is 0 Å². The van der Waals surface area contributed by atoms with E-state index in [0.717, 1.165) is 42.4 Å². The third-order valence-corrected chi connectivity index (χ3v) is 8.65. The van der Waals surface area contributed by atoms with Crippen molar-refractivity contribution in [2.75, 3.05) is 0 Å². The van der Waals surface area contributed by atoms with E-state index in [-0.39, 0.29) is 11.9 Å². The Hall–Kier alpha value is -1.35. The van der Waals surface area contributed by atoms with Crippen LogP contribution in [-0.4, -0.2) is 18.2 Å². The molecule has 0 spiro atoms. The molecule has 10 atom stereocenters. The first-order valence-corrected chi connectivity index (χ1v) is 10.6. The number of fused-ring (bicyclic) bond motifs is 12. The highest BCUT2D eigenvalue weighted by atomic mass is 16.6. The van der Waals surface area contributed by atoms with E-state index in [1.54, 1.807) is 0 Å². The average molecular weight is 352 g/mol. The predicted molar refractivity (Wildman–Crippen MR) is 97.7 cm³/mol. The highest BCUT2D eigenvalue weighted by molar-refractivity contribution is 5.76. The van der Waals surface area contributed by atoms with Crippen molar-refractivity contribution in [1.29, 1.82) is 0 Å². The molecule has 0 amide bonds. The molecule has 0 aromatic heterocycles. The third kappa shape index (κ3) is 2.01. The molecule has 1 aromatic rings. The normalized spacial score (nSPS) is 47.5. The summed E-state index contributed by atoms with van der Waals surface area (Å²) in [6.07, 6.45) is 5.95. The number of carbonyl (C=O) groups excluding carboxylic acids is 1. The fourth-order valence-corrected chi connectivity index (χ4v) is 7.41. The first-order chi connectivity index (χ1) is 12.7. The van der Waals surface area contributed by atoms with Crippen LogP contribution in [0.25, 0.3) is 0 Å². The summed E-state index contributed by atoms with van der Waals surface area (Å²) < 4.78 is 11.7. The molecule has 6 rings (SSSR count). The lowest BCUT2D eigenvalue weighted by Gasteiger charge is -2.36. The van der Waals surface area contributed by atoms with Crippen molar-refractivity contribution in [2.24, 2.45) is 41.4 Å². The van der Waals surface area contributed by atoms with Gasteiger partial charge in [0, 0.05) is 0 Å². The van der Waals surface area contributed by atoms with Gasteiger partial charge in [0.25, 0.3) is 0 Å². The average Bonchev–Trinajstić information content (AvgIpc) is 3.02. The Morgan fingerprint density at radius 2 is 1.81 bits per heavy atom. The summed E-state index contributed by atoms with van der Waals surface area (Å²) in [6, 6.07) is 8.15. The number of ether oxygens (including phenoxy) is 2. The van der Waals surface area contributed by atoms with Gasteiger partial charge in [-0.25, -0.2) is 0 Å². The van der Waals surface area contributed by atoms with Crippen molar-refractivity contribution in [3.8, 4) is 5.75 Å². The van der Waals surface area contributed by atoms with Crippen molar-refractivity contribution in [3.63, 3.8) is 0 Å². The molecular formula is C23H28O3. The van der Waals surface area contributed by atoms with Crippen molar-refractivity contribution in [3.05, 3.63) is 29.8 Å². The predicted octanol–water partition coefficient (Wildman–Crippen LogP) is 4.41. The molecule has 0 radical (unpaired) electrons. The van der Waals surface area contributed by atoms with E-state index in [4.69, 9.17) is 9.47 Å². The van der Waals surface area contributed by atoms with E-state index in [1.165, 1.54) is 18.4 Å². The minimum Gasteiger partial charge on any atom is -0.426 e. The lowest BCUT2D eigenvalue weighted by atomic mass is 9.67. The summed E-state index contributed by atoms with van der Waals surface area (Å²) in [5.41, 5.74) is 1.32. The van der Waals surface area contributed by atoms with Gasteiger partial charge in [0.1, 0.15) is 5.75 Å². The molecule has 3 nitrogen and oxygen atoms in total. The highest BCUT2D eigenvalue weighted by Crippen LogP contribution is 2.72. The molecule has 1 aromatic carbocycles. The lowest BCUT2D eigenvalue weighted by Crippen LogP contribution is -2.39. The number of hydrogen-bond acceptors (Lipinski definition) is 3. The molecule has 0 N–H and O–H groups in total. The van der Waals surface area contributed by atoms with Gasteiger partial charge >= 0.3 is 5.97 Å². The molecule has 26 heavy (non-hydrogen) atoms. The fraction of sp³-hybridized carbons (Fsp3) is 0.696. The van der Waals surface area contributed by atoms with E-state index in [1.807, 2.05) is 12.1 Å².